The zero-order valence-electron chi connectivity index (χ0n) is 10.7. The van der Waals surface area contributed by atoms with Crippen molar-refractivity contribution < 1.29 is 4.74 Å². The summed E-state index contributed by atoms with van der Waals surface area (Å²) in [6, 6.07) is 3.60. The number of rotatable bonds is 4. The monoisotopic (exact) mass is 288 g/mol. The van der Waals surface area contributed by atoms with Gasteiger partial charge in [0.1, 0.15) is 21.9 Å². The van der Waals surface area contributed by atoms with Gasteiger partial charge in [-0.3, -0.25) is 0 Å². The number of imidazole rings is 1. The second kappa shape index (κ2) is 5.33. The van der Waals surface area contributed by atoms with Crippen LogP contribution in [0.5, 0.6) is 5.88 Å². The first-order chi connectivity index (χ1) is 9.78. The third-order valence-electron chi connectivity index (χ3n) is 2.53. The van der Waals surface area contributed by atoms with Crippen molar-refractivity contribution in [2.45, 2.75) is 17.0 Å². The van der Waals surface area contributed by atoms with E-state index in [0.717, 1.165) is 15.6 Å². The molecular formula is C12H12N6OS. The number of nitrogens with zero attached hydrogens (tertiary/aromatic N) is 4. The summed E-state index contributed by atoms with van der Waals surface area (Å²) < 4.78 is 5.39. The third kappa shape index (κ3) is 2.37. The second-order valence-electron chi connectivity index (χ2n) is 3.86. The fraction of sp³-hybridized carbons (Fsp3) is 0.167. The van der Waals surface area contributed by atoms with Gasteiger partial charge in [0.2, 0.25) is 5.88 Å². The summed E-state index contributed by atoms with van der Waals surface area (Å²) in [6.45, 7) is 2.41. The lowest BCUT2D eigenvalue weighted by molar-refractivity contribution is 0.326. The number of nitrogens with one attached hydrogen (secondary N) is 1. The van der Waals surface area contributed by atoms with Crippen molar-refractivity contribution in [1.82, 2.24) is 24.9 Å². The molecule has 0 fully saturated rings. The van der Waals surface area contributed by atoms with Crippen LogP contribution in [0, 0.1) is 0 Å². The van der Waals surface area contributed by atoms with Gasteiger partial charge < -0.3 is 15.5 Å². The fourth-order valence-corrected chi connectivity index (χ4v) is 2.48. The van der Waals surface area contributed by atoms with Gasteiger partial charge in [-0.05, 0) is 30.8 Å². The van der Waals surface area contributed by atoms with Crippen LogP contribution in [0.1, 0.15) is 6.92 Å². The molecular weight excluding hydrogens is 276 g/mol. The van der Waals surface area contributed by atoms with Crippen molar-refractivity contribution in [1.29, 1.82) is 0 Å². The van der Waals surface area contributed by atoms with Crippen molar-refractivity contribution >= 4 is 28.6 Å². The summed E-state index contributed by atoms with van der Waals surface area (Å²) in [5, 5.41) is 1.50. The zero-order valence-corrected chi connectivity index (χ0v) is 11.5. The number of nitrogens with two attached hydrogens (primary N) is 1. The Bertz CT molecular complexity index is 744. The van der Waals surface area contributed by atoms with Crippen LogP contribution in [0.25, 0.3) is 11.2 Å². The minimum atomic E-state index is 0.437. The van der Waals surface area contributed by atoms with Crippen molar-refractivity contribution in [3.05, 3.63) is 24.8 Å². The molecule has 0 amide bonds. The van der Waals surface area contributed by atoms with Crippen LogP contribution >= 0.6 is 11.8 Å². The molecule has 0 spiro atoms. The van der Waals surface area contributed by atoms with E-state index in [9.17, 15) is 0 Å². The molecule has 0 aliphatic carbocycles. The predicted molar refractivity (Wildman–Crippen MR) is 75.6 cm³/mol. The highest BCUT2D eigenvalue weighted by atomic mass is 32.2. The van der Waals surface area contributed by atoms with Gasteiger partial charge in [-0.25, -0.2) is 19.9 Å². The minimum absolute atomic E-state index is 0.437. The number of aromatic nitrogens is 5. The first kappa shape index (κ1) is 12.7. The standard InChI is InChI=1S/C12H12N6OS/c1-2-19-11-7(13)3-4-8(18-11)20-12-9-10(15-5-14-9)16-6-17-12/h3-6H,2,13H2,1H3,(H,14,15,16,17). The Morgan fingerprint density at radius 1 is 1.30 bits per heavy atom. The summed E-state index contributed by atoms with van der Waals surface area (Å²) in [4.78, 5) is 19.8. The van der Waals surface area contributed by atoms with Gasteiger partial charge in [0, 0.05) is 0 Å². The lowest BCUT2D eigenvalue weighted by Gasteiger charge is -2.07. The van der Waals surface area contributed by atoms with Gasteiger partial charge in [-0.2, -0.15) is 0 Å². The quantitative estimate of drug-likeness (QED) is 0.706. The van der Waals surface area contributed by atoms with E-state index in [1.165, 1.54) is 18.1 Å². The number of hydrogen-bond donors (Lipinski definition) is 2. The molecule has 0 bridgehead atoms. The highest BCUT2D eigenvalue weighted by Crippen LogP contribution is 2.31. The average Bonchev–Trinajstić information content (AvgIpc) is 2.92. The second-order valence-corrected chi connectivity index (χ2v) is 4.87. The number of ether oxygens (including phenoxy) is 1. The average molecular weight is 288 g/mol. The van der Waals surface area contributed by atoms with Gasteiger partial charge in [0.05, 0.1) is 18.6 Å². The van der Waals surface area contributed by atoms with E-state index >= 15 is 0 Å². The number of fused-ring (bicyclic) bond motifs is 1. The van der Waals surface area contributed by atoms with E-state index < -0.39 is 0 Å². The van der Waals surface area contributed by atoms with Crippen LogP contribution in [0.4, 0.5) is 5.69 Å². The number of hydrogen-bond acceptors (Lipinski definition) is 7. The first-order valence-electron chi connectivity index (χ1n) is 5.99. The number of pyridine rings is 1. The van der Waals surface area contributed by atoms with Crippen molar-refractivity contribution in [3.63, 3.8) is 0 Å². The van der Waals surface area contributed by atoms with Gasteiger partial charge in [-0.1, -0.05) is 0 Å². The Hall–Kier alpha value is -2.35. The van der Waals surface area contributed by atoms with E-state index in [2.05, 4.69) is 24.9 Å². The van der Waals surface area contributed by atoms with E-state index in [-0.39, 0.29) is 0 Å². The minimum Gasteiger partial charge on any atom is -0.476 e. The molecule has 0 aliphatic heterocycles. The first-order valence-corrected chi connectivity index (χ1v) is 6.81. The van der Waals surface area contributed by atoms with Crippen molar-refractivity contribution in [3.8, 4) is 5.88 Å². The van der Waals surface area contributed by atoms with Crippen LogP contribution in [0.15, 0.2) is 34.8 Å². The molecule has 0 aliphatic rings. The molecule has 0 saturated carbocycles. The van der Waals surface area contributed by atoms with E-state index in [0.29, 0.717) is 23.8 Å². The molecule has 0 aromatic carbocycles. The summed E-state index contributed by atoms with van der Waals surface area (Å²) >= 11 is 1.40. The summed E-state index contributed by atoms with van der Waals surface area (Å²) in [7, 11) is 0. The number of aromatic amines is 1. The molecule has 3 heterocycles. The lowest BCUT2D eigenvalue weighted by Crippen LogP contribution is -2.00. The maximum Gasteiger partial charge on any atom is 0.238 e. The van der Waals surface area contributed by atoms with Crippen molar-refractivity contribution in [2.75, 3.05) is 12.3 Å². The van der Waals surface area contributed by atoms with Crippen LogP contribution in [-0.4, -0.2) is 31.5 Å². The van der Waals surface area contributed by atoms with Gasteiger partial charge in [-0.15, -0.1) is 0 Å². The molecule has 3 N–H and O–H groups in total. The van der Waals surface area contributed by atoms with Gasteiger partial charge in [0.25, 0.3) is 0 Å². The smallest absolute Gasteiger partial charge is 0.238 e. The van der Waals surface area contributed by atoms with Crippen LogP contribution in [0.2, 0.25) is 0 Å². The largest absolute Gasteiger partial charge is 0.476 e. The zero-order chi connectivity index (χ0) is 13.9. The number of anilines is 1. The van der Waals surface area contributed by atoms with E-state index in [1.54, 1.807) is 12.4 Å². The number of H-pyrrole nitrogens is 1. The highest BCUT2D eigenvalue weighted by molar-refractivity contribution is 7.99. The Morgan fingerprint density at radius 2 is 2.20 bits per heavy atom. The van der Waals surface area contributed by atoms with Crippen molar-refractivity contribution in [2.24, 2.45) is 0 Å². The van der Waals surface area contributed by atoms with Gasteiger partial charge >= 0.3 is 0 Å². The molecule has 0 radical (unpaired) electrons. The van der Waals surface area contributed by atoms with Crippen LogP contribution in [-0.2, 0) is 0 Å². The summed E-state index contributed by atoms with van der Waals surface area (Å²) in [5.41, 5.74) is 7.74. The molecule has 0 atom stereocenters. The van der Waals surface area contributed by atoms with Crippen LogP contribution < -0.4 is 10.5 Å². The normalized spacial score (nSPS) is 10.8. The topological polar surface area (TPSA) is 103 Å². The Labute approximate surface area is 119 Å². The Morgan fingerprint density at radius 3 is 3.05 bits per heavy atom. The summed E-state index contributed by atoms with van der Waals surface area (Å²) in [5.74, 6) is 0.437. The Balaban J connectivity index is 1.94. The maximum atomic E-state index is 5.80. The molecule has 0 saturated heterocycles. The van der Waals surface area contributed by atoms with Crippen LogP contribution in [0.3, 0.4) is 0 Å². The molecule has 20 heavy (non-hydrogen) atoms. The van der Waals surface area contributed by atoms with Gasteiger partial charge in [0.15, 0.2) is 5.65 Å². The number of nitrogen functional groups attached to an aromatic ring is 1. The van der Waals surface area contributed by atoms with E-state index in [1.807, 2.05) is 13.0 Å². The fourth-order valence-electron chi connectivity index (χ4n) is 1.66. The predicted octanol–water partition coefficient (Wildman–Crippen LogP) is 1.88. The molecule has 8 heteroatoms. The molecule has 7 nitrogen and oxygen atoms in total. The molecule has 3 aromatic heterocycles. The SMILES string of the molecule is CCOc1nc(Sc2ncnc3nc[nH]c23)ccc1N. The Kier molecular flexibility index (Phi) is 3.38. The maximum absolute atomic E-state index is 5.80. The molecule has 102 valence electrons. The lowest BCUT2D eigenvalue weighted by atomic mass is 10.4. The molecule has 3 rings (SSSR count). The molecule has 0 unspecified atom stereocenters. The summed E-state index contributed by atoms with van der Waals surface area (Å²) in [6.07, 6.45) is 3.07. The third-order valence-corrected chi connectivity index (χ3v) is 3.47. The molecule has 3 aromatic rings. The highest BCUT2D eigenvalue weighted by Gasteiger charge is 2.10. The van der Waals surface area contributed by atoms with E-state index in [4.69, 9.17) is 10.5 Å².